The molecule has 0 aromatic rings. The van der Waals surface area contributed by atoms with Crippen LogP contribution in [0, 0.1) is 5.41 Å². The Balaban J connectivity index is 4.78. The molecule has 1 amide bonds. The Morgan fingerprint density at radius 1 is 1.00 bits per heavy atom. The van der Waals surface area contributed by atoms with E-state index in [1.165, 1.54) is 0 Å². The van der Waals surface area contributed by atoms with Gasteiger partial charge in [-0.05, 0) is 45.8 Å². The number of hydrogen-bond donors (Lipinski definition) is 1. The van der Waals surface area contributed by atoms with Crippen LogP contribution < -0.4 is 5.73 Å². The lowest BCUT2D eigenvalue weighted by molar-refractivity contribution is -0.138. The Morgan fingerprint density at radius 2 is 1.52 bits per heavy atom. The van der Waals surface area contributed by atoms with E-state index in [0.29, 0.717) is 24.4 Å². The molecule has 0 atom stereocenters. The van der Waals surface area contributed by atoms with Gasteiger partial charge in [0.1, 0.15) is 0 Å². The van der Waals surface area contributed by atoms with E-state index in [2.05, 4.69) is 18.7 Å². The van der Waals surface area contributed by atoms with Crippen LogP contribution in [-0.4, -0.2) is 53.4 Å². The monoisotopic (exact) mass is 315 g/mol. The van der Waals surface area contributed by atoms with Crippen LogP contribution in [0.4, 0.5) is 0 Å². The molecule has 0 radical (unpaired) electrons. The lowest BCUT2D eigenvalue weighted by Gasteiger charge is -2.35. The van der Waals surface area contributed by atoms with Crippen molar-refractivity contribution < 1.29 is 4.79 Å². The molecule has 0 aromatic carbocycles. The molecule has 5 heteroatoms. The van der Waals surface area contributed by atoms with E-state index in [0.717, 1.165) is 32.6 Å². The molecule has 4 nitrogen and oxygen atoms in total. The van der Waals surface area contributed by atoms with E-state index in [4.69, 9.17) is 18.0 Å². The second kappa shape index (κ2) is 10.1. The Kier molecular flexibility index (Phi) is 9.79. The molecule has 124 valence electrons. The van der Waals surface area contributed by atoms with Gasteiger partial charge < -0.3 is 15.5 Å². The Morgan fingerprint density at radius 3 is 1.86 bits per heavy atom. The quantitative estimate of drug-likeness (QED) is 0.596. The summed E-state index contributed by atoms with van der Waals surface area (Å²) in [5.74, 6) is 0.0991. The molecular formula is C16H33N3OS. The smallest absolute Gasteiger partial charge is 0.235 e. The highest BCUT2D eigenvalue weighted by molar-refractivity contribution is 7.80. The van der Waals surface area contributed by atoms with Gasteiger partial charge in [0, 0.05) is 13.1 Å². The van der Waals surface area contributed by atoms with Crippen LogP contribution in [0.25, 0.3) is 0 Å². The van der Waals surface area contributed by atoms with Crippen molar-refractivity contribution in [2.24, 2.45) is 11.1 Å². The molecule has 0 aliphatic carbocycles. The molecule has 0 rings (SSSR count). The van der Waals surface area contributed by atoms with Crippen molar-refractivity contribution in [1.82, 2.24) is 9.80 Å². The predicted octanol–water partition coefficient (Wildman–Crippen LogP) is 2.66. The third kappa shape index (κ3) is 5.22. The fraction of sp³-hybridized carbons (Fsp3) is 0.875. The maximum atomic E-state index is 12.9. The van der Waals surface area contributed by atoms with E-state index < -0.39 is 5.41 Å². The minimum absolute atomic E-state index is 0.0991. The van der Waals surface area contributed by atoms with E-state index in [-0.39, 0.29) is 5.91 Å². The van der Waals surface area contributed by atoms with E-state index >= 15 is 0 Å². The zero-order valence-corrected chi connectivity index (χ0v) is 15.3. The SMILES string of the molecule is CCN(CC)CCCN(CC)C(=O)C(CC)(CC)C(N)=S. The number of amides is 1. The highest BCUT2D eigenvalue weighted by Crippen LogP contribution is 2.29. The molecule has 0 fully saturated rings. The van der Waals surface area contributed by atoms with Crippen LogP contribution in [-0.2, 0) is 4.79 Å². The molecule has 21 heavy (non-hydrogen) atoms. The van der Waals surface area contributed by atoms with Gasteiger partial charge in [0.15, 0.2) is 0 Å². The van der Waals surface area contributed by atoms with Crippen molar-refractivity contribution in [3.63, 3.8) is 0 Å². The molecular weight excluding hydrogens is 282 g/mol. The van der Waals surface area contributed by atoms with Gasteiger partial charge in [0.25, 0.3) is 0 Å². The average Bonchev–Trinajstić information content (AvgIpc) is 2.49. The van der Waals surface area contributed by atoms with Gasteiger partial charge in [-0.25, -0.2) is 0 Å². The van der Waals surface area contributed by atoms with Crippen molar-refractivity contribution in [2.75, 3.05) is 32.7 Å². The van der Waals surface area contributed by atoms with Crippen LogP contribution in [0.5, 0.6) is 0 Å². The average molecular weight is 316 g/mol. The Hall–Kier alpha value is -0.680. The zero-order valence-electron chi connectivity index (χ0n) is 14.4. The standard InChI is InChI=1S/C16H33N3OS/c1-6-16(7-2,14(17)21)15(20)19(10-5)13-11-12-18(8-3)9-4/h6-13H2,1-5H3,(H2,17,21). The maximum absolute atomic E-state index is 12.9. The van der Waals surface area contributed by atoms with Gasteiger partial charge in [-0.15, -0.1) is 0 Å². The van der Waals surface area contributed by atoms with Crippen molar-refractivity contribution in [3.05, 3.63) is 0 Å². The number of nitrogens with zero attached hydrogens (tertiary/aromatic N) is 2. The first-order chi connectivity index (χ1) is 9.93. The molecule has 0 aliphatic rings. The molecule has 0 aliphatic heterocycles. The van der Waals surface area contributed by atoms with Crippen molar-refractivity contribution in [2.45, 2.75) is 53.9 Å². The lowest BCUT2D eigenvalue weighted by atomic mass is 9.80. The third-order valence-electron chi connectivity index (χ3n) is 4.55. The van der Waals surface area contributed by atoms with Gasteiger partial charge in [-0.1, -0.05) is 39.9 Å². The number of carbonyl (C=O) groups excluding carboxylic acids is 1. The van der Waals surface area contributed by atoms with E-state index in [9.17, 15) is 4.79 Å². The van der Waals surface area contributed by atoms with Gasteiger partial charge >= 0.3 is 0 Å². The van der Waals surface area contributed by atoms with Crippen molar-refractivity contribution in [3.8, 4) is 0 Å². The number of thiocarbonyl (C=S) groups is 1. The van der Waals surface area contributed by atoms with Crippen molar-refractivity contribution in [1.29, 1.82) is 0 Å². The maximum Gasteiger partial charge on any atom is 0.235 e. The zero-order chi connectivity index (χ0) is 16.5. The van der Waals surface area contributed by atoms with Gasteiger partial charge in [0.2, 0.25) is 5.91 Å². The number of rotatable bonds is 11. The molecule has 0 aromatic heterocycles. The lowest BCUT2D eigenvalue weighted by Crippen LogP contribution is -2.50. The van der Waals surface area contributed by atoms with Gasteiger partial charge in [-0.2, -0.15) is 0 Å². The first-order valence-electron chi connectivity index (χ1n) is 8.24. The number of carbonyl (C=O) groups is 1. The van der Waals surface area contributed by atoms with Crippen LogP contribution >= 0.6 is 12.2 Å². The predicted molar refractivity (Wildman–Crippen MR) is 94.5 cm³/mol. The molecule has 0 heterocycles. The van der Waals surface area contributed by atoms with E-state index in [1.807, 2.05) is 25.7 Å². The first kappa shape index (κ1) is 20.3. The second-order valence-corrected chi connectivity index (χ2v) is 5.86. The first-order valence-corrected chi connectivity index (χ1v) is 8.65. The molecule has 0 saturated carbocycles. The van der Waals surface area contributed by atoms with Crippen molar-refractivity contribution >= 4 is 23.1 Å². The Bertz CT molecular complexity index is 325. The second-order valence-electron chi connectivity index (χ2n) is 5.42. The van der Waals surface area contributed by atoms with Gasteiger partial charge in [0.05, 0.1) is 10.4 Å². The van der Waals surface area contributed by atoms with Crippen LogP contribution in [0.15, 0.2) is 0 Å². The summed E-state index contributed by atoms with van der Waals surface area (Å²) in [4.78, 5) is 17.5. The third-order valence-corrected chi connectivity index (χ3v) is 4.94. The minimum Gasteiger partial charge on any atom is -0.392 e. The molecule has 0 saturated heterocycles. The van der Waals surface area contributed by atoms with Gasteiger partial charge in [-0.3, -0.25) is 4.79 Å². The minimum atomic E-state index is -0.666. The topological polar surface area (TPSA) is 49.6 Å². The highest BCUT2D eigenvalue weighted by Gasteiger charge is 2.40. The molecule has 0 unspecified atom stereocenters. The summed E-state index contributed by atoms with van der Waals surface area (Å²) in [5, 5.41) is 0. The van der Waals surface area contributed by atoms with Crippen LogP contribution in [0.1, 0.15) is 53.9 Å². The van der Waals surface area contributed by atoms with Crippen LogP contribution in [0.3, 0.4) is 0 Å². The highest BCUT2D eigenvalue weighted by atomic mass is 32.1. The summed E-state index contributed by atoms with van der Waals surface area (Å²) in [5.41, 5.74) is 5.22. The van der Waals surface area contributed by atoms with E-state index in [1.54, 1.807) is 0 Å². The summed E-state index contributed by atoms with van der Waals surface area (Å²) >= 11 is 5.18. The summed E-state index contributed by atoms with van der Waals surface area (Å²) in [6, 6.07) is 0. The fourth-order valence-corrected chi connectivity index (χ4v) is 3.11. The summed E-state index contributed by atoms with van der Waals surface area (Å²) in [7, 11) is 0. The largest absolute Gasteiger partial charge is 0.392 e. The fourth-order valence-electron chi connectivity index (χ4n) is 2.74. The normalized spacial score (nSPS) is 11.7. The van der Waals surface area contributed by atoms with Crippen LogP contribution in [0.2, 0.25) is 0 Å². The molecule has 0 bridgehead atoms. The summed E-state index contributed by atoms with van der Waals surface area (Å²) in [6.45, 7) is 14.9. The number of nitrogens with two attached hydrogens (primary N) is 1. The molecule has 2 N–H and O–H groups in total. The summed E-state index contributed by atoms with van der Waals surface area (Å²) < 4.78 is 0. The summed E-state index contributed by atoms with van der Waals surface area (Å²) in [6.07, 6.45) is 2.33. The number of hydrogen-bond acceptors (Lipinski definition) is 3. The molecule has 0 spiro atoms. The Labute approximate surface area is 136 Å².